The van der Waals surface area contributed by atoms with Gasteiger partial charge in [0.2, 0.25) is 0 Å². The zero-order chi connectivity index (χ0) is 6.93. The minimum Gasteiger partial charge on any atom is -0.0826 e. The van der Waals surface area contributed by atoms with Crippen LogP contribution < -0.4 is 0 Å². The Morgan fingerprint density at radius 2 is 2.30 bits per heavy atom. The minimum atomic E-state index is 0.944. The van der Waals surface area contributed by atoms with Gasteiger partial charge in [0.15, 0.2) is 0 Å². The molecule has 0 radical (unpaired) electrons. The Kier molecular flexibility index (Phi) is 0.984. The topological polar surface area (TPSA) is 0 Å². The molecule has 0 bridgehead atoms. The Bertz CT molecular complexity index is 181. The summed E-state index contributed by atoms with van der Waals surface area (Å²) in [4.78, 5) is 0. The van der Waals surface area contributed by atoms with Crippen LogP contribution in [0.25, 0.3) is 0 Å². The second-order valence-electron chi connectivity index (χ2n) is 4.38. The number of alkyl halides is 1. The number of hydrogen-bond acceptors (Lipinski definition) is 0. The molecule has 3 fully saturated rings. The monoisotopic (exact) mass is 248 g/mol. The van der Waals surface area contributed by atoms with Crippen molar-refractivity contribution in [1.82, 2.24) is 0 Å². The van der Waals surface area contributed by atoms with E-state index in [2.05, 4.69) is 29.5 Å². The summed E-state index contributed by atoms with van der Waals surface area (Å²) in [6.45, 7) is 2.39. The molecule has 0 nitrogen and oxygen atoms in total. The number of rotatable bonds is 1. The zero-order valence-electron chi connectivity index (χ0n) is 6.31. The van der Waals surface area contributed by atoms with Gasteiger partial charge in [0.25, 0.3) is 0 Å². The fraction of sp³-hybridized carbons (Fsp3) is 1.00. The Balaban J connectivity index is 1.83. The molecule has 3 saturated carbocycles. The summed E-state index contributed by atoms with van der Waals surface area (Å²) in [6, 6.07) is 0. The van der Waals surface area contributed by atoms with Gasteiger partial charge in [-0.1, -0.05) is 29.5 Å². The first kappa shape index (κ1) is 6.27. The minimum absolute atomic E-state index is 0.944. The molecular formula is C9H13I. The fourth-order valence-electron chi connectivity index (χ4n) is 3.73. The lowest BCUT2D eigenvalue weighted by Gasteiger charge is -2.41. The van der Waals surface area contributed by atoms with Crippen LogP contribution in [0.5, 0.6) is 0 Å². The summed E-state index contributed by atoms with van der Waals surface area (Å²) in [6.07, 6.45) is 4.74. The molecule has 0 N–H and O–H groups in total. The van der Waals surface area contributed by atoms with E-state index < -0.39 is 0 Å². The fourth-order valence-corrected chi connectivity index (χ4v) is 4.69. The predicted molar refractivity (Wildman–Crippen MR) is 50.2 cm³/mol. The highest BCUT2D eigenvalue weighted by Gasteiger charge is 2.79. The smallest absolute Gasteiger partial charge is 0.0115 e. The highest BCUT2D eigenvalue weighted by atomic mass is 127. The molecule has 0 amide bonds. The van der Waals surface area contributed by atoms with Crippen molar-refractivity contribution in [2.24, 2.45) is 23.2 Å². The number of halogens is 1. The van der Waals surface area contributed by atoms with Crippen molar-refractivity contribution in [3.63, 3.8) is 0 Å². The van der Waals surface area contributed by atoms with E-state index >= 15 is 0 Å². The van der Waals surface area contributed by atoms with Gasteiger partial charge in [-0.3, -0.25) is 0 Å². The molecule has 0 heterocycles. The second kappa shape index (κ2) is 1.57. The Morgan fingerprint density at radius 3 is 2.50 bits per heavy atom. The molecule has 0 aromatic heterocycles. The molecule has 0 aliphatic heterocycles. The van der Waals surface area contributed by atoms with Gasteiger partial charge in [-0.2, -0.15) is 0 Å². The predicted octanol–water partition coefficient (Wildman–Crippen LogP) is 2.86. The SMILES string of the molecule is CC(I)C1CC2C3CCC132. The van der Waals surface area contributed by atoms with Crippen molar-refractivity contribution in [2.75, 3.05) is 0 Å². The first-order valence-corrected chi connectivity index (χ1v) is 5.65. The lowest BCUT2D eigenvalue weighted by Crippen LogP contribution is -2.36. The van der Waals surface area contributed by atoms with Crippen LogP contribution in [0, 0.1) is 23.2 Å². The third kappa shape index (κ3) is 0.432. The van der Waals surface area contributed by atoms with Crippen molar-refractivity contribution < 1.29 is 0 Å². The quantitative estimate of drug-likeness (QED) is 0.494. The van der Waals surface area contributed by atoms with Gasteiger partial charge >= 0.3 is 0 Å². The van der Waals surface area contributed by atoms with Crippen molar-refractivity contribution in [3.8, 4) is 0 Å². The van der Waals surface area contributed by atoms with Crippen LogP contribution in [0.2, 0.25) is 0 Å². The molecule has 0 aromatic carbocycles. The van der Waals surface area contributed by atoms with Gasteiger partial charge in [0, 0.05) is 3.92 Å². The summed E-state index contributed by atoms with van der Waals surface area (Å²) in [5.74, 6) is 3.56. The molecule has 3 aliphatic rings. The Hall–Kier alpha value is 0.730. The van der Waals surface area contributed by atoms with Gasteiger partial charge in [-0.05, 0) is 42.4 Å². The van der Waals surface area contributed by atoms with Crippen LogP contribution in [0.3, 0.4) is 0 Å². The van der Waals surface area contributed by atoms with Crippen LogP contribution in [0.15, 0.2) is 0 Å². The van der Waals surface area contributed by atoms with Crippen molar-refractivity contribution >= 4 is 22.6 Å². The highest BCUT2D eigenvalue weighted by Crippen LogP contribution is 2.86. The lowest BCUT2D eigenvalue weighted by atomic mass is 9.66. The molecule has 3 aliphatic carbocycles. The van der Waals surface area contributed by atoms with E-state index in [-0.39, 0.29) is 0 Å². The third-order valence-corrected chi connectivity index (χ3v) is 5.27. The van der Waals surface area contributed by atoms with E-state index in [9.17, 15) is 0 Å². The average Bonchev–Trinajstić information content (AvgIpc) is 2.03. The number of hydrogen-bond donors (Lipinski definition) is 0. The van der Waals surface area contributed by atoms with E-state index in [0.717, 1.165) is 15.3 Å². The maximum atomic E-state index is 2.62. The molecule has 0 saturated heterocycles. The summed E-state index contributed by atoms with van der Waals surface area (Å²) in [5.41, 5.74) is 0.959. The van der Waals surface area contributed by atoms with Crippen LogP contribution in [-0.2, 0) is 0 Å². The van der Waals surface area contributed by atoms with E-state index in [1.165, 1.54) is 11.8 Å². The van der Waals surface area contributed by atoms with Crippen molar-refractivity contribution in [1.29, 1.82) is 0 Å². The first-order valence-electron chi connectivity index (χ1n) is 4.41. The molecule has 3 rings (SSSR count). The zero-order valence-corrected chi connectivity index (χ0v) is 8.47. The average molecular weight is 248 g/mol. The van der Waals surface area contributed by atoms with Crippen molar-refractivity contribution in [3.05, 3.63) is 0 Å². The summed E-state index contributed by atoms with van der Waals surface area (Å²) in [7, 11) is 0. The summed E-state index contributed by atoms with van der Waals surface area (Å²) >= 11 is 2.62. The van der Waals surface area contributed by atoms with Gasteiger partial charge < -0.3 is 0 Å². The largest absolute Gasteiger partial charge is 0.0826 e. The van der Waals surface area contributed by atoms with E-state index in [1.54, 1.807) is 19.3 Å². The molecule has 5 atom stereocenters. The molecule has 1 heteroatoms. The molecule has 56 valence electrons. The van der Waals surface area contributed by atoms with Crippen LogP contribution in [-0.4, -0.2) is 3.92 Å². The standard InChI is InChI=1S/C9H13I/c1-5(10)7-4-8-6-2-3-9(6,7)8/h5-8H,2-4H2,1H3. The molecular weight excluding hydrogens is 235 g/mol. The third-order valence-electron chi connectivity index (χ3n) is 4.40. The number of fused-ring (bicyclic) bond motifs is 1. The van der Waals surface area contributed by atoms with Crippen LogP contribution in [0.4, 0.5) is 0 Å². The van der Waals surface area contributed by atoms with Crippen LogP contribution >= 0.6 is 22.6 Å². The normalized spacial score (nSPS) is 64.8. The van der Waals surface area contributed by atoms with Crippen LogP contribution in [0.1, 0.15) is 26.2 Å². The maximum Gasteiger partial charge on any atom is 0.0115 e. The molecule has 0 aromatic rings. The highest BCUT2D eigenvalue weighted by molar-refractivity contribution is 14.1. The molecule has 1 spiro atoms. The summed E-state index contributed by atoms with van der Waals surface area (Å²) in [5, 5.41) is 0. The molecule has 5 unspecified atom stereocenters. The Morgan fingerprint density at radius 1 is 1.50 bits per heavy atom. The van der Waals surface area contributed by atoms with Crippen molar-refractivity contribution in [2.45, 2.75) is 30.1 Å². The van der Waals surface area contributed by atoms with Gasteiger partial charge in [0.1, 0.15) is 0 Å². The first-order chi connectivity index (χ1) is 4.77. The van der Waals surface area contributed by atoms with Gasteiger partial charge in [0.05, 0.1) is 0 Å². The second-order valence-corrected chi connectivity index (χ2v) is 6.35. The van der Waals surface area contributed by atoms with E-state index in [1.807, 2.05) is 0 Å². The maximum absolute atomic E-state index is 2.62. The lowest BCUT2D eigenvalue weighted by molar-refractivity contribution is 0.110. The summed E-state index contributed by atoms with van der Waals surface area (Å²) < 4.78 is 0.944. The molecule has 10 heavy (non-hydrogen) atoms. The Labute approximate surface area is 75.9 Å². The van der Waals surface area contributed by atoms with Gasteiger partial charge in [-0.25, -0.2) is 0 Å². The van der Waals surface area contributed by atoms with E-state index in [4.69, 9.17) is 0 Å². The van der Waals surface area contributed by atoms with Gasteiger partial charge in [-0.15, -0.1) is 0 Å². The van der Waals surface area contributed by atoms with E-state index in [0.29, 0.717) is 0 Å².